The molecule has 0 saturated heterocycles. The van der Waals surface area contributed by atoms with E-state index in [0.717, 1.165) is 17.5 Å². The molecular formula is C18H19ClO3. The van der Waals surface area contributed by atoms with Gasteiger partial charge >= 0.3 is 5.97 Å². The Morgan fingerprint density at radius 3 is 2.36 bits per heavy atom. The highest BCUT2D eigenvalue weighted by atomic mass is 35.5. The maximum atomic E-state index is 11.8. The molecule has 2 rings (SSSR count). The van der Waals surface area contributed by atoms with Crippen LogP contribution in [0, 0.1) is 0 Å². The minimum absolute atomic E-state index is 0.399. The fourth-order valence-electron chi connectivity index (χ4n) is 2.46. The Balaban J connectivity index is 2.39. The normalized spacial score (nSPS) is 12.0. The number of carboxylic acids is 1. The molecule has 0 heterocycles. The second-order valence-corrected chi connectivity index (χ2v) is 5.59. The van der Waals surface area contributed by atoms with E-state index in [9.17, 15) is 9.90 Å². The van der Waals surface area contributed by atoms with E-state index in [1.54, 1.807) is 19.2 Å². The molecule has 2 aromatic carbocycles. The van der Waals surface area contributed by atoms with E-state index in [0.29, 0.717) is 22.8 Å². The molecule has 116 valence electrons. The average molecular weight is 319 g/mol. The summed E-state index contributed by atoms with van der Waals surface area (Å²) < 4.78 is 5.35. The Morgan fingerprint density at radius 2 is 1.82 bits per heavy atom. The smallest absolute Gasteiger partial charge is 0.311 e. The molecule has 0 radical (unpaired) electrons. The van der Waals surface area contributed by atoms with Crippen LogP contribution in [0.1, 0.15) is 29.5 Å². The molecule has 0 aromatic heterocycles. The zero-order chi connectivity index (χ0) is 16.1. The monoisotopic (exact) mass is 318 g/mol. The fourth-order valence-corrected chi connectivity index (χ4v) is 2.59. The molecular weight excluding hydrogens is 300 g/mol. The molecule has 0 fully saturated rings. The van der Waals surface area contributed by atoms with E-state index in [4.69, 9.17) is 16.3 Å². The lowest BCUT2D eigenvalue weighted by molar-refractivity contribution is -0.138. The number of rotatable bonds is 6. The van der Waals surface area contributed by atoms with Crippen LogP contribution in [0.5, 0.6) is 5.75 Å². The van der Waals surface area contributed by atoms with Crippen molar-refractivity contribution in [2.24, 2.45) is 0 Å². The third-order valence-corrected chi connectivity index (χ3v) is 3.98. The minimum Gasteiger partial charge on any atom is -0.496 e. The molecule has 0 aliphatic rings. The van der Waals surface area contributed by atoms with E-state index in [1.165, 1.54) is 0 Å². The van der Waals surface area contributed by atoms with Crippen LogP contribution in [0.15, 0.2) is 42.5 Å². The predicted octanol–water partition coefficient (Wildman–Crippen LogP) is 4.32. The summed E-state index contributed by atoms with van der Waals surface area (Å²) >= 11 is 5.88. The van der Waals surface area contributed by atoms with Crippen LogP contribution in [0.4, 0.5) is 0 Å². The van der Waals surface area contributed by atoms with Crippen LogP contribution in [0.2, 0.25) is 5.02 Å². The summed E-state index contributed by atoms with van der Waals surface area (Å²) in [7, 11) is 1.56. The molecule has 0 saturated carbocycles. The van der Waals surface area contributed by atoms with Gasteiger partial charge in [-0.05, 0) is 42.2 Å². The number of halogens is 1. The summed E-state index contributed by atoms with van der Waals surface area (Å²) in [6.45, 7) is 2.04. The SMILES string of the molecule is CCc1ccc(OC)c(C(Cc2ccc(Cl)cc2)C(=O)O)c1. The lowest BCUT2D eigenvalue weighted by Gasteiger charge is -2.17. The highest BCUT2D eigenvalue weighted by molar-refractivity contribution is 6.30. The summed E-state index contributed by atoms with van der Waals surface area (Å²) in [6.07, 6.45) is 1.25. The van der Waals surface area contributed by atoms with Gasteiger partial charge in [0.15, 0.2) is 0 Å². The van der Waals surface area contributed by atoms with Crippen molar-refractivity contribution in [1.29, 1.82) is 0 Å². The van der Waals surface area contributed by atoms with Gasteiger partial charge < -0.3 is 9.84 Å². The Morgan fingerprint density at radius 1 is 1.18 bits per heavy atom. The van der Waals surface area contributed by atoms with Crippen molar-refractivity contribution >= 4 is 17.6 Å². The van der Waals surface area contributed by atoms with Crippen molar-refractivity contribution in [3.8, 4) is 5.75 Å². The maximum absolute atomic E-state index is 11.8. The second kappa shape index (κ2) is 7.32. The van der Waals surface area contributed by atoms with Crippen LogP contribution in [0.3, 0.4) is 0 Å². The van der Waals surface area contributed by atoms with Crippen molar-refractivity contribution in [3.05, 3.63) is 64.2 Å². The minimum atomic E-state index is -0.860. The molecule has 3 nitrogen and oxygen atoms in total. The van der Waals surface area contributed by atoms with Crippen LogP contribution < -0.4 is 4.74 Å². The van der Waals surface area contributed by atoms with Gasteiger partial charge in [0.05, 0.1) is 13.0 Å². The highest BCUT2D eigenvalue weighted by Crippen LogP contribution is 2.31. The van der Waals surface area contributed by atoms with Gasteiger partial charge in [-0.3, -0.25) is 4.79 Å². The summed E-state index contributed by atoms with van der Waals surface area (Å²) in [6, 6.07) is 13.0. The summed E-state index contributed by atoms with van der Waals surface area (Å²) in [4.78, 5) is 11.8. The first kappa shape index (κ1) is 16.4. The van der Waals surface area contributed by atoms with E-state index < -0.39 is 11.9 Å². The summed E-state index contributed by atoms with van der Waals surface area (Å²) in [5, 5.41) is 10.3. The number of carboxylic acid groups (broad SMARTS) is 1. The molecule has 0 amide bonds. The standard InChI is InChI=1S/C18H19ClO3/c1-3-12-6-9-17(22-2)15(10-12)16(18(20)21)11-13-4-7-14(19)8-5-13/h4-10,16H,3,11H2,1-2H3,(H,20,21). The van der Waals surface area contributed by atoms with Crippen LogP contribution in [-0.4, -0.2) is 18.2 Å². The summed E-state index contributed by atoms with van der Waals surface area (Å²) in [5.41, 5.74) is 2.74. The zero-order valence-electron chi connectivity index (χ0n) is 12.7. The number of aryl methyl sites for hydroxylation is 1. The summed E-state index contributed by atoms with van der Waals surface area (Å²) in [5.74, 6) is -0.900. The van der Waals surface area contributed by atoms with Crippen molar-refractivity contribution in [3.63, 3.8) is 0 Å². The van der Waals surface area contributed by atoms with Crippen LogP contribution in [-0.2, 0) is 17.6 Å². The van der Waals surface area contributed by atoms with Crippen LogP contribution >= 0.6 is 11.6 Å². The topological polar surface area (TPSA) is 46.5 Å². The van der Waals surface area contributed by atoms with E-state index in [1.807, 2.05) is 37.3 Å². The number of methoxy groups -OCH3 is 1. The largest absolute Gasteiger partial charge is 0.496 e. The third-order valence-electron chi connectivity index (χ3n) is 3.73. The average Bonchev–Trinajstić information content (AvgIpc) is 2.53. The molecule has 0 aliphatic carbocycles. The first-order valence-corrected chi connectivity index (χ1v) is 7.57. The molecule has 4 heteroatoms. The van der Waals surface area contributed by atoms with Gasteiger partial charge in [0.25, 0.3) is 0 Å². The first-order valence-electron chi connectivity index (χ1n) is 7.19. The molecule has 0 bridgehead atoms. The molecule has 1 unspecified atom stereocenters. The van der Waals surface area contributed by atoms with Gasteiger partial charge in [0.2, 0.25) is 0 Å². The lowest BCUT2D eigenvalue weighted by atomic mass is 9.90. The highest BCUT2D eigenvalue weighted by Gasteiger charge is 2.24. The zero-order valence-corrected chi connectivity index (χ0v) is 13.4. The number of carbonyl (C=O) groups is 1. The molecule has 1 N–H and O–H groups in total. The molecule has 0 spiro atoms. The number of benzene rings is 2. The van der Waals surface area contributed by atoms with Crippen LogP contribution in [0.25, 0.3) is 0 Å². The fraction of sp³-hybridized carbons (Fsp3) is 0.278. The third kappa shape index (κ3) is 3.80. The van der Waals surface area contributed by atoms with Crippen molar-refractivity contribution < 1.29 is 14.6 Å². The molecule has 2 aromatic rings. The maximum Gasteiger partial charge on any atom is 0.311 e. The first-order chi connectivity index (χ1) is 10.5. The number of aliphatic carboxylic acids is 1. The second-order valence-electron chi connectivity index (χ2n) is 5.15. The molecule has 1 atom stereocenters. The van der Waals surface area contributed by atoms with Gasteiger partial charge in [-0.15, -0.1) is 0 Å². The quantitative estimate of drug-likeness (QED) is 0.862. The molecule has 22 heavy (non-hydrogen) atoms. The Kier molecular flexibility index (Phi) is 5.45. The van der Waals surface area contributed by atoms with Gasteiger partial charge in [-0.1, -0.05) is 42.8 Å². The number of hydrogen-bond acceptors (Lipinski definition) is 2. The molecule has 0 aliphatic heterocycles. The van der Waals surface area contributed by atoms with E-state index in [-0.39, 0.29) is 0 Å². The van der Waals surface area contributed by atoms with Gasteiger partial charge in [0, 0.05) is 10.6 Å². The van der Waals surface area contributed by atoms with Crippen molar-refractivity contribution in [2.45, 2.75) is 25.7 Å². The van der Waals surface area contributed by atoms with E-state index >= 15 is 0 Å². The predicted molar refractivity (Wildman–Crippen MR) is 87.9 cm³/mol. The Labute approximate surface area is 135 Å². The lowest BCUT2D eigenvalue weighted by Crippen LogP contribution is -2.16. The van der Waals surface area contributed by atoms with E-state index in [2.05, 4.69) is 0 Å². The van der Waals surface area contributed by atoms with Crippen molar-refractivity contribution in [2.75, 3.05) is 7.11 Å². The number of hydrogen-bond donors (Lipinski definition) is 1. The van der Waals surface area contributed by atoms with Gasteiger partial charge in [-0.25, -0.2) is 0 Å². The Bertz CT molecular complexity index is 650. The van der Waals surface area contributed by atoms with Gasteiger partial charge in [-0.2, -0.15) is 0 Å². The number of ether oxygens (including phenoxy) is 1. The van der Waals surface area contributed by atoms with Crippen molar-refractivity contribution in [1.82, 2.24) is 0 Å². The Hall–Kier alpha value is -2.00. The van der Waals surface area contributed by atoms with Gasteiger partial charge in [0.1, 0.15) is 5.75 Å².